The van der Waals surface area contributed by atoms with Gasteiger partial charge in [-0.05, 0) is 37.1 Å². The molecule has 2 N–H and O–H groups in total. The summed E-state index contributed by atoms with van der Waals surface area (Å²) in [6, 6.07) is 11.5. The van der Waals surface area contributed by atoms with Crippen molar-refractivity contribution in [3.05, 3.63) is 59.4 Å². The fourth-order valence-electron chi connectivity index (χ4n) is 3.15. The summed E-state index contributed by atoms with van der Waals surface area (Å²) in [6.45, 7) is 4.05. The second kappa shape index (κ2) is 7.19. The summed E-state index contributed by atoms with van der Waals surface area (Å²) in [7, 11) is 1.59. The molecule has 4 aromatic rings. The standard InChI is InChI=1S/C21H20N4O3/c1-12-8-9-15-14(11-28-19(15)13(12)2)10-18(26)22-21-23-20(24-25-21)16-6-4-5-7-17(16)27-3/h4-9,11H,10H2,1-3H3,(H2,22,23,24,25,26). The quantitative estimate of drug-likeness (QED) is 0.549. The van der Waals surface area contributed by atoms with Gasteiger partial charge in [0.2, 0.25) is 11.9 Å². The molecule has 2 aromatic heterocycles. The van der Waals surface area contributed by atoms with E-state index in [4.69, 9.17) is 9.15 Å². The third-order valence-corrected chi connectivity index (χ3v) is 4.79. The number of hydrogen-bond donors (Lipinski definition) is 2. The van der Waals surface area contributed by atoms with Crippen LogP contribution >= 0.6 is 0 Å². The van der Waals surface area contributed by atoms with Crippen LogP contribution in [0.4, 0.5) is 5.95 Å². The van der Waals surface area contributed by atoms with Gasteiger partial charge < -0.3 is 9.15 Å². The minimum Gasteiger partial charge on any atom is -0.496 e. The number of rotatable bonds is 5. The van der Waals surface area contributed by atoms with Crippen LogP contribution in [-0.2, 0) is 11.2 Å². The summed E-state index contributed by atoms with van der Waals surface area (Å²) in [5.41, 5.74) is 4.65. The van der Waals surface area contributed by atoms with E-state index >= 15 is 0 Å². The first-order chi connectivity index (χ1) is 13.6. The van der Waals surface area contributed by atoms with E-state index in [0.29, 0.717) is 11.6 Å². The number of nitrogens with zero attached hydrogens (tertiary/aromatic N) is 2. The summed E-state index contributed by atoms with van der Waals surface area (Å²) in [6.07, 6.45) is 1.81. The van der Waals surface area contributed by atoms with Crippen LogP contribution in [0, 0.1) is 13.8 Å². The van der Waals surface area contributed by atoms with E-state index < -0.39 is 0 Å². The zero-order valence-electron chi connectivity index (χ0n) is 15.9. The SMILES string of the molecule is COc1ccccc1-c1nc(NC(=O)Cc2coc3c(C)c(C)ccc23)n[nH]1. The maximum atomic E-state index is 12.5. The predicted octanol–water partition coefficient (Wildman–Crippen LogP) is 4.02. The monoisotopic (exact) mass is 376 g/mol. The number of fused-ring (bicyclic) bond motifs is 1. The molecule has 0 unspecified atom stereocenters. The van der Waals surface area contributed by atoms with Crippen molar-refractivity contribution < 1.29 is 13.9 Å². The van der Waals surface area contributed by atoms with E-state index in [1.807, 2.05) is 50.2 Å². The van der Waals surface area contributed by atoms with Crippen LogP contribution in [0.1, 0.15) is 16.7 Å². The number of aromatic amines is 1. The molecule has 2 aromatic carbocycles. The van der Waals surface area contributed by atoms with Gasteiger partial charge in [0.05, 0.1) is 25.4 Å². The highest BCUT2D eigenvalue weighted by Crippen LogP contribution is 2.28. The number of carbonyl (C=O) groups excluding carboxylic acids is 1. The van der Waals surface area contributed by atoms with Crippen molar-refractivity contribution >= 4 is 22.8 Å². The van der Waals surface area contributed by atoms with E-state index in [1.165, 1.54) is 0 Å². The summed E-state index contributed by atoms with van der Waals surface area (Å²) in [4.78, 5) is 16.8. The molecule has 0 saturated heterocycles. The molecule has 28 heavy (non-hydrogen) atoms. The molecule has 0 aliphatic heterocycles. The number of methoxy groups -OCH3 is 1. The highest BCUT2D eigenvalue weighted by atomic mass is 16.5. The van der Waals surface area contributed by atoms with Crippen molar-refractivity contribution in [3.63, 3.8) is 0 Å². The van der Waals surface area contributed by atoms with Gasteiger partial charge >= 0.3 is 0 Å². The number of nitrogens with one attached hydrogen (secondary N) is 2. The number of benzene rings is 2. The maximum absolute atomic E-state index is 12.5. The summed E-state index contributed by atoms with van der Waals surface area (Å²) >= 11 is 0. The molecule has 0 saturated carbocycles. The molecular formula is C21H20N4O3. The highest BCUT2D eigenvalue weighted by Gasteiger charge is 2.15. The van der Waals surface area contributed by atoms with E-state index in [1.54, 1.807) is 13.4 Å². The number of hydrogen-bond acceptors (Lipinski definition) is 5. The summed E-state index contributed by atoms with van der Waals surface area (Å²) in [5.74, 6) is 1.19. The average molecular weight is 376 g/mol. The maximum Gasteiger partial charge on any atom is 0.249 e. The van der Waals surface area contributed by atoms with Crippen molar-refractivity contribution in [1.82, 2.24) is 15.2 Å². The number of aryl methyl sites for hydroxylation is 2. The Morgan fingerprint density at radius 3 is 2.86 bits per heavy atom. The molecule has 0 atom stereocenters. The first-order valence-electron chi connectivity index (χ1n) is 8.88. The largest absolute Gasteiger partial charge is 0.496 e. The zero-order valence-corrected chi connectivity index (χ0v) is 15.9. The van der Waals surface area contributed by atoms with Gasteiger partial charge in [0.25, 0.3) is 0 Å². The Labute approximate surface area is 161 Å². The van der Waals surface area contributed by atoms with Crippen molar-refractivity contribution in [2.75, 3.05) is 12.4 Å². The first-order valence-corrected chi connectivity index (χ1v) is 8.88. The lowest BCUT2D eigenvalue weighted by Crippen LogP contribution is -2.15. The predicted molar refractivity (Wildman–Crippen MR) is 106 cm³/mol. The molecule has 1 amide bonds. The minimum atomic E-state index is -0.216. The van der Waals surface area contributed by atoms with Crippen LogP contribution in [0.25, 0.3) is 22.4 Å². The number of para-hydroxylation sites is 1. The fraction of sp³-hybridized carbons (Fsp3) is 0.190. The van der Waals surface area contributed by atoms with Crippen molar-refractivity contribution in [2.24, 2.45) is 0 Å². The molecule has 0 aliphatic rings. The normalized spacial score (nSPS) is 11.0. The number of anilines is 1. The lowest BCUT2D eigenvalue weighted by Gasteiger charge is -2.04. The molecule has 0 aliphatic carbocycles. The second-order valence-corrected chi connectivity index (χ2v) is 6.58. The third kappa shape index (κ3) is 3.22. The molecule has 0 fully saturated rings. The van der Waals surface area contributed by atoms with Crippen LogP contribution < -0.4 is 10.1 Å². The smallest absolute Gasteiger partial charge is 0.249 e. The second-order valence-electron chi connectivity index (χ2n) is 6.58. The number of amides is 1. The summed E-state index contributed by atoms with van der Waals surface area (Å²) < 4.78 is 11.0. The van der Waals surface area contributed by atoms with Gasteiger partial charge in [-0.2, -0.15) is 4.98 Å². The minimum absolute atomic E-state index is 0.175. The fourth-order valence-corrected chi connectivity index (χ4v) is 3.15. The molecule has 7 nitrogen and oxygen atoms in total. The Morgan fingerprint density at radius 2 is 2.04 bits per heavy atom. The van der Waals surface area contributed by atoms with Gasteiger partial charge in [-0.1, -0.05) is 24.3 Å². The van der Waals surface area contributed by atoms with Gasteiger partial charge in [-0.25, -0.2) is 0 Å². The van der Waals surface area contributed by atoms with Crippen LogP contribution in [0.5, 0.6) is 5.75 Å². The third-order valence-electron chi connectivity index (χ3n) is 4.79. The molecule has 4 rings (SSSR count). The number of furan rings is 1. The molecular weight excluding hydrogens is 356 g/mol. The van der Waals surface area contributed by atoms with Gasteiger partial charge in [-0.15, -0.1) is 5.10 Å². The van der Waals surface area contributed by atoms with Crippen LogP contribution in [0.15, 0.2) is 47.1 Å². The first kappa shape index (κ1) is 17.8. The van der Waals surface area contributed by atoms with Crippen LogP contribution in [0.3, 0.4) is 0 Å². The molecule has 2 heterocycles. The number of ether oxygens (including phenoxy) is 1. The van der Waals surface area contributed by atoms with Crippen LogP contribution in [-0.4, -0.2) is 28.2 Å². The lowest BCUT2D eigenvalue weighted by atomic mass is 10.0. The van der Waals surface area contributed by atoms with Gasteiger partial charge in [0.1, 0.15) is 11.3 Å². The van der Waals surface area contributed by atoms with Crippen LogP contribution in [0.2, 0.25) is 0 Å². The van der Waals surface area contributed by atoms with E-state index in [0.717, 1.165) is 33.2 Å². The number of aromatic nitrogens is 3. The average Bonchev–Trinajstić information content (AvgIpc) is 3.32. The molecule has 0 radical (unpaired) electrons. The topological polar surface area (TPSA) is 93.0 Å². The Kier molecular flexibility index (Phi) is 4.57. The number of H-pyrrole nitrogens is 1. The lowest BCUT2D eigenvalue weighted by molar-refractivity contribution is -0.115. The molecule has 142 valence electrons. The Balaban J connectivity index is 1.51. The highest BCUT2D eigenvalue weighted by molar-refractivity contribution is 5.95. The molecule has 0 bridgehead atoms. The van der Waals surface area contributed by atoms with Gasteiger partial charge in [0.15, 0.2) is 5.82 Å². The Bertz CT molecular complexity index is 1160. The van der Waals surface area contributed by atoms with E-state index in [-0.39, 0.29) is 18.3 Å². The van der Waals surface area contributed by atoms with E-state index in [9.17, 15) is 4.79 Å². The summed E-state index contributed by atoms with van der Waals surface area (Å²) in [5, 5.41) is 10.6. The Hall–Kier alpha value is -3.61. The van der Waals surface area contributed by atoms with Gasteiger partial charge in [-0.3, -0.25) is 15.2 Å². The van der Waals surface area contributed by atoms with Gasteiger partial charge in [0, 0.05) is 10.9 Å². The van der Waals surface area contributed by atoms with Crippen molar-refractivity contribution in [1.29, 1.82) is 0 Å². The molecule has 0 spiro atoms. The molecule has 7 heteroatoms. The van der Waals surface area contributed by atoms with Crippen molar-refractivity contribution in [3.8, 4) is 17.1 Å². The van der Waals surface area contributed by atoms with Crippen molar-refractivity contribution in [2.45, 2.75) is 20.3 Å². The van der Waals surface area contributed by atoms with E-state index in [2.05, 4.69) is 20.5 Å². The Morgan fingerprint density at radius 1 is 1.21 bits per heavy atom. The number of carbonyl (C=O) groups is 1. The zero-order chi connectivity index (χ0) is 19.7.